The molecule has 3 amide bonds. The number of carbonyl (C=O) groups excluding carboxylic acids is 2. The quantitative estimate of drug-likeness (QED) is 0.735. The first kappa shape index (κ1) is 19.3. The highest BCUT2D eigenvalue weighted by atomic mass is 16.5. The third kappa shape index (κ3) is 3.80. The number of aromatic nitrogens is 2. The Morgan fingerprint density at radius 2 is 2.07 bits per heavy atom. The van der Waals surface area contributed by atoms with E-state index in [0.29, 0.717) is 11.3 Å². The van der Waals surface area contributed by atoms with E-state index >= 15 is 0 Å². The molecule has 0 radical (unpaired) electrons. The highest BCUT2D eigenvalue weighted by Gasteiger charge is 2.31. The van der Waals surface area contributed by atoms with Gasteiger partial charge in [-0.25, -0.2) is 4.79 Å². The van der Waals surface area contributed by atoms with Gasteiger partial charge in [0.1, 0.15) is 5.75 Å². The Kier molecular flexibility index (Phi) is 5.58. The van der Waals surface area contributed by atoms with Crippen LogP contribution in [-0.2, 0) is 11.3 Å². The van der Waals surface area contributed by atoms with Gasteiger partial charge in [-0.3, -0.25) is 14.8 Å². The van der Waals surface area contributed by atoms with Crippen molar-refractivity contribution in [1.29, 1.82) is 0 Å². The smallest absolute Gasteiger partial charge is 0.319 e. The second-order valence-electron chi connectivity index (χ2n) is 6.59. The van der Waals surface area contributed by atoms with Gasteiger partial charge in [-0.15, -0.1) is 0 Å². The van der Waals surface area contributed by atoms with Gasteiger partial charge in [0, 0.05) is 35.4 Å². The molecule has 1 aliphatic heterocycles. The number of hydrogen-bond donors (Lipinski definition) is 3. The lowest BCUT2D eigenvalue weighted by Gasteiger charge is -2.28. The van der Waals surface area contributed by atoms with Gasteiger partial charge in [-0.05, 0) is 32.4 Å². The van der Waals surface area contributed by atoms with Crippen molar-refractivity contribution in [3.8, 4) is 5.75 Å². The van der Waals surface area contributed by atoms with E-state index in [-0.39, 0.29) is 18.5 Å². The summed E-state index contributed by atoms with van der Waals surface area (Å²) in [4.78, 5) is 33.4. The van der Waals surface area contributed by atoms with Gasteiger partial charge in [-0.2, -0.15) is 0 Å². The van der Waals surface area contributed by atoms with Crippen LogP contribution >= 0.6 is 0 Å². The monoisotopic (exact) mass is 381 g/mol. The van der Waals surface area contributed by atoms with Gasteiger partial charge in [0.05, 0.1) is 31.0 Å². The van der Waals surface area contributed by atoms with Crippen LogP contribution in [0.25, 0.3) is 0 Å². The maximum atomic E-state index is 13.0. The summed E-state index contributed by atoms with van der Waals surface area (Å²) >= 11 is 0. The van der Waals surface area contributed by atoms with Crippen molar-refractivity contribution in [2.75, 3.05) is 7.11 Å². The first-order valence-electron chi connectivity index (χ1n) is 8.87. The molecule has 0 aliphatic carbocycles. The molecule has 1 atom stereocenters. The summed E-state index contributed by atoms with van der Waals surface area (Å²) in [6, 6.07) is 2.65. The summed E-state index contributed by atoms with van der Waals surface area (Å²) in [6.45, 7) is 5.77. The van der Waals surface area contributed by atoms with Crippen LogP contribution in [-0.4, -0.2) is 29.0 Å². The number of nitrogens with zero attached hydrogens (tertiary/aromatic N) is 2. The maximum absolute atomic E-state index is 13.0. The molecule has 0 aromatic carbocycles. The highest BCUT2D eigenvalue weighted by Crippen LogP contribution is 2.27. The number of hydrogen-bond acceptors (Lipinski definition) is 5. The van der Waals surface area contributed by atoms with Crippen molar-refractivity contribution in [2.24, 2.45) is 0 Å². The molecule has 0 saturated carbocycles. The van der Waals surface area contributed by atoms with E-state index in [1.807, 2.05) is 19.9 Å². The van der Waals surface area contributed by atoms with Gasteiger partial charge < -0.3 is 20.7 Å². The Balaban J connectivity index is 1.84. The molecule has 146 valence electrons. The SMILES string of the molecule is COc1c(C)cnc(CNC(=O)C2=C(C)NC(=O)N[C@@H]2c2cccnc2)c1C. The zero-order valence-corrected chi connectivity index (χ0v) is 16.3. The second kappa shape index (κ2) is 8.08. The Bertz CT molecular complexity index is 940. The molecule has 8 nitrogen and oxygen atoms in total. The average molecular weight is 381 g/mol. The topological polar surface area (TPSA) is 105 Å². The number of ether oxygens (including phenoxy) is 1. The lowest BCUT2D eigenvalue weighted by molar-refractivity contribution is -0.118. The lowest BCUT2D eigenvalue weighted by Crippen LogP contribution is -2.47. The van der Waals surface area contributed by atoms with Crippen molar-refractivity contribution < 1.29 is 14.3 Å². The zero-order valence-electron chi connectivity index (χ0n) is 16.3. The summed E-state index contributed by atoms with van der Waals surface area (Å²) in [6.07, 6.45) is 4.99. The van der Waals surface area contributed by atoms with E-state index < -0.39 is 6.04 Å². The van der Waals surface area contributed by atoms with Crippen LogP contribution in [0.4, 0.5) is 4.79 Å². The molecule has 1 aliphatic rings. The predicted molar refractivity (Wildman–Crippen MR) is 103 cm³/mol. The summed E-state index contributed by atoms with van der Waals surface area (Å²) in [5.41, 5.74) is 4.20. The van der Waals surface area contributed by atoms with Gasteiger partial charge in [0.25, 0.3) is 5.91 Å². The molecule has 3 heterocycles. The van der Waals surface area contributed by atoms with Crippen molar-refractivity contribution in [3.05, 3.63) is 64.4 Å². The number of rotatable bonds is 5. The van der Waals surface area contributed by atoms with Crippen LogP contribution in [0.3, 0.4) is 0 Å². The summed E-state index contributed by atoms with van der Waals surface area (Å²) in [7, 11) is 1.61. The van der Waals surface area contributed by atoms with E-state index in [1.54, 1.807) is 38.7 Å². The molecule has 2 aromatic rings. The minimum Gasteiger partial charge on any atom is -0.496 e. The third-order valence-corrected chi connectivity index (χ3v) is 4.70. The van der Waals surface area contributed by atoms with Crippen molar-refractivity contribution in [1.82, 2.24) is 25.9 Å². The standard InChI is InChI=1S/C20H23N5O3/c1-11-8-22-15(12(2)18(11)28-4)10-23-19(26)16-13(3)24-20(27)25-17(16)14-6-5-7-21-9-14/h5-9,17H,10H2,1-4H3,(H,23,26)(H2,24,25,27)/t17-/m1/s1. The summed E-state index contributed by atoms with van der Waals surface area (Å²) in [5.74, 6) is 0.467. The maximum Gasteiger partial charge on any atom is 0.319 e. The molecule has 3 N–H and O–H groups in total. The average Bonchev–Trinajstić information content (AvgIpc) is 2.67. The van der Waals surface area contributed by atoms with Crippen LogP contribution in [0.1, 0.15) is 35.3 Å². The van der Waals surface area contributed by atoms with E-state index in [4.69, 9.17) is 4.74 Å². The van der Waals surface area contributed by atoms with Gasteiger partial charge in [0.15, 0.2) is 0 Å². The first-order chi connectivity index (χ1) is 13.4. The number of aryl methyl sites for hydroxylation is 1. The fourth-order valence-electron chi connectivity index (χ4n) is 3.30. The molecule has 3 rings (SSSR count). The number of pyridine rings is 2. The molecular formula is C20H23N5O3. The molecule has 0 fully saturated rings. The molecule has 0 saturated heterocycles. The molecule has 0 spiro atoms. The summed E-state index contributed by atoms with van der Waals surface area (Å²) < 4.78 is 5.42. The minimum atomic E-state index is -0.580. The summed E-state index contributed by atoms with van der Waals surface area (Å²) in [5, 5.41) is 8.34. The van der Waals surface area contributed by atoms with Crippen LogP contribution in [0.2, 0.25) is 0 Å². The Labute approximate surface area is 163 Å². The number of amides is 3. The van der Waals surface area contributed by atoms with Crippen molar-refractivity contribution >= 4 is 11.9 Å². The van der Waals surface area contributed by atoms with Gasteiger partial charge >= 0.3 is 6.03 Å². The van der Waals surface area contributed by atoms with E-state index in [9.17, 15) is 9.59 Å². The fraction of sp³-hybridized carbons (Fsp3) is 0.300. The van der Waals surface area contributed by atoms with Crippen LogP contribution in [0.5, 0.6) is 5.75 Å². The van der Waals surface area contributed by atoms with E-state index in [1.165, 1.54) is 0 Å². The Hall–Kier alpha value is -3.42. The van der Waals surface area contributed by atoms with Crippen LogP contribution < -0.4 is 20.7 Å². The normalized spacial score (nSPS) is 16.3. The van der Waals surface area contributed by atoms with E-state index in [0.717, 1.165) is 28.1 Å². The highest BCUT2D eigenvalue weighted by molar-refractivity contribution is 5.98. The number of nitrogens with one attached hydrogen (secondary N) is 3. The lowest BCUT2D eigenvalue weighted by atomic mass is 9.96. The number of methoxy groups -OCH3 is 1. The van der Waals surface area contributed by atoms with Gasteiger partial charge in [-0.1, -0.05) is 6.07 Å². The largest absolute Gasteiger partial charge is 0.496 e. The number of carbonyl (C=O) groups is 2. The van der Waals surface area contributed by atoms with Crippen molar-refractivity contribution in [2.45, 2.75) is 33.4 Å². The zero-order chi connectivity index (χ0) is 20.3. The number of urea groups is 1. The van der Waals surface area contributed by atoms with Crippen molar-refractivity contribution in [3.63, 3.8) is 0 Å². The van der Waals surface area contributed by atoms with Crippen LogP contribution in [0, 0.1) is 13.8 Å². The van der Waals surface area contributed by atoms with Crippen LogP contribution in [0.15, 0.2) is 42.0 Å². The predicted octanol–water partition coefficient (Wildman–Crippen LogP) is 2.05. The minimum absolute atomic E-state index is 0.242. The second-order valence-corrected chi connectivity index (χ2v) is 6.59. The molecule has 28 heavy (non-hydrogen) atoms. The molecule has 0 bridgehead atoms. The molecule has 8 heteroatoms. The van der Waals surface area contributed by atoms with Gasteiger partial charge in [0.2, 0.25) is 0 Å². The molecular weight excluding hydrogens is 358 g/mol. The molecule has 0 unspecified atom stereocenters. The Morgan fingerprint density at radius 3 is 2.75 bits per heavy atom. The first-order valence-corrected chi connectivity index (χ1v) is 8.87. The van der Waals surface area contributed by atoms with E-state index in [2.05, 4.69) is 25.9 Å². The molecule has 2 aromatic heterocycles. The Morgan fingerprint density at radius 1 is 1.29 bits per heavy atom. The number of allylic oxidation sites excluding steroid dienone is 1. The fourth-order valence-corrected chi connectivity index (χ4v) is 3.30. The third-order valence-electron chi connectivity index (χ3n) is 4.70.